The number of rotatable bonds is 13. The molecule has 1 aliphatic carbocycles. The van der Waals surface area contributed by atoms with E-state index in [2.05, 4.69) is 0 Å². The van der Waals surface area contributed by atoms with Crippen LogP contribution in [0.15, 0.2) is 30.3 Å². The maximum absolute atomic E-state index is 11.7. The number of carbonyl (C=O) groups excluding carboxylic acids is 1. The normalized spacial score (nSPS) is 27.9. The van der Waals surface area contributed by atoms with E-state index in [9.17, 15) is 19.8 Å². The number of unbranched alkanes of at least 4 members (excludes halogenated alkanes) is 2. The molecule has 8 heteroatoms. The molecule has 1 aromatic rings. The number of aliphatic hydroxyl groups is 1. The van der Waals surface area contributed by atoms with Crippen LogP contribution in [0.4, 0.5) is 0 Å². The molecule has 7 nitrogen and oxygen atoms in total. The van der Waals surface area contributed by atoms with Gasteiger partial charge in [-0.15, -0.1) is 0 Å². The van der Waals surface area contributed by atoms with Crippen LogP contribution in [-0.4, -0.2) is 68.8 Å². The van der Waals surface area contributed by atoms with Gasteiger partial charge in [0.2, 0.25) is 0 Å². The van der Waals surface area contributed by atoms with E-state index >= 15 is 0 Å². The molecule has 1 heterocycles. The number of ether oxygens (including phenoxy) is 3. The Morgan fingerprint density at radius 3 is 2.56 bits per heavy atom. The number of carboxylic acid groups (broad SMARTS) is 1. The molecule has 6 atom stereocenters. The molecule has 1 aromatic carbocycles. The van der Waals surface area contributed by atoms with Gasteiger partial charge in [0.05, 0.1) is 0 Å². The van der Waals surface area contributed by atoms with Crippen molar-refractivity contribution in [1.82, 2.24) is 0 Å². The molecule has 3 rings (SSSR count). The van der Waals surface area contributed by atoms with Crippen LogP contribution in [-0.2, 0) is 23.8 Å². The van der Waals surface area contributed by atoms with Crippen molar-refractivity contribution in [2.45, 2.75) is 88.0 Å². The van der Waals surface area contributed by atoms with Crippen molar-refractivity contribution in [3.05, 3.63) is 30.3 Å². The first-order valence-corrected chi connectivity index (χ1v) is 14.3. The van der Waals surface area contributed by atoms with Crippen LogP contribution in [0.3, 0.4) is 0 Å². The Balaban J connectivity index is 1.49. The van der Waals surface area contributed by atoms with E-state index in [-0.39, 0.29) is 62.7 Å². The van der Waals surface area contributed by atoms with Gasteiger partial charge in [-0.05, 0) is 12.8 Å². The van der Waals surface area contributed by atoms with E-state index in [1.807, 2.05) is 30.3 Å². The summed E-state index contributed by atoms with van der Waals surface area (Å²) < 4.78 is 18.7. The van der Waals surface area contributed by atoms with Gasteiger partial charge >= 0.3 is 189 Å². The van der Waals surface area contributed by atoms with Gasteiger partial charge in [0.25, 0.3) is 0 Å². The zero-order valence-electron chi connectivity index (χ0n) is 20.0. The van der Waals surface area contributed by atoms with Gasteiger partial charge in [-0.1, -0.05) is 0 Å². The number of benzene rings is 1. The Hall–Kier alpha value is -1.44. The van der Waals surface area contributed by atoms with Gasteiger partial charge in [0.1, 0.15) is 0 Å². The van der Waals surface area contributed by atoms with Crippen molar-refractivity contribution >= 4 is 31.4 Å². The van der Waals surface area contributed by atoms with Crippen LogP contribution >= 0.6 is 0 Å². The third-order valence-electron chi connectivity index (χ3n) is 6.76. The van der Waals surface area contributed by atoms with E-state index in [1.165, 1.54) is 6.92 Å². The zero-order chi connectivity index (χ0) is 24.3. The van der Waals surface area contributed by atoms with Crippen molar-refractivity contribution in [2.75, 3.05) is 13.2 Å². The van der Waals surface area contributed by atoms with Crippen LogP contribution in [0, 0.1) is 11.8 Å². The molecule has 34 heavy (non-hydrogen) atoms. The van der Waals surface area contributed by atoms with E-state index in [4.69, 9.17) is 14.2 Å². The molecule has 0 amide bonds. The van der Waals surface area contributed by atoms with Gasteiger partial charge < -0.3 is 0 Å². The molecular formula is C26H38O7Se. The van der Waals surface area contributed by atoms with Crippen LogP contribution in [0.5, 0.6) is 0 Å². The van der Waals surface area contributed by atoms with Crippen molar-refractivity contribution in [3.63, 3.8) is 0 Å². The summed E-state index contributed by atoms with van der Waals surface area (Å²) in [7, 11) is 0. The third-order valence-corrected chi connectivity index (χ3v) is 9.42. The summed E-state index contributed by atoms with van der Waals surface area (Å²) in [6, 6.07) is 9.84. The Labute approximate surface area is 208 Å². The molecule has 0 aromatic heterocycles. The Bertz CT molecular complexity index is 753. The van der Waals surface area contributed by atoms with Gasteiger partial charge in [-0.2, -0.15) is 0 Å². The quantitative estimate of drug-likeness (QED) is 0.225. The van der Waals surface area contributed by atoms with Crippen LogP contribution in [0.2, 0.25) is 4.82 Å². The van der Waals surface area contributed by atoms with E-state index in [1.54, 1.807) is 0 Å². The molecule has 1 aliphatic heterocycles. The Morgan fingerprint density at radius 1 is 1.12 bits per heavy atom. The first-order valence-electron chi connectivity index (χ1n) is 12.5. The number of aliphatic hydroxyl groups excluding tert-OH is 1. The van der Waals surface area contributed by atoms with E-state index < -0.39 is 5.97 Å². The van der Waals surface area contributed by atoms with Crippen molar-refractivity contribution in [3.8, 4) is 0 Å². The molecule has 2 aliphatic rings. The number of aliphatic carboxylic acids is 1. The molecule has 0 radical (unpaired) electrons. The minimum atomic E-state index is -0.722. The molecule has 2 fully saturated rings. The molecule has 1 saturated carbocycles. The number of hydrogen-bond acceptors (Lipinski definition) is 6. The van der Waals surface area contributed by atoms with Gasteiger partial charge in [0.15, 0.2) is 0 Å². The predicted molar refractivity (Wildman–Crippen MR) is 129 cm³/mol. The molecule has 0 spiro atoms. The fourth-order valence-electron chi connectivity index (χ4n) is 5.08. The van der Waals surface area contributed by atoms with Gasteiger partial charge in [-0.25, -0.2) is 0 Å². The Morgan fingerprint density at radius 2 is 1.91 bits per heavy atom. The molecule has 0 bridgehead atoms. The predicted octanol–water partition coefficient (Wildman–Crippen LogP) is 3.31. The van der Waals surface area contributed by atoms with Crippen molar-refractivity contribution in [1.29, 1.82) is 0 Å². The number of carbonyl (C=O) groups is 2. The molecule has 2 unspecified atom stereocenters. The molecular weight excluding hydrogens is 503 g/mol. The summed E-state index contributed by atoms with van der Waals surface area (Å²) in [4.78, 5) is 23.1. The fraction of sp³-hybridized carbons (Fsp3) is 0.692. The molecule has 190 valence electrons. The first-order chi connectivity index (χ1) is 16.5. The summed E-state index contributed by atoms with van der Waals surface area (Å²) in [5, 5.41) is 19.8. The second-order valence-electron chi connectivity index (χ2n) is 9.26. The standard InChI is InChI=1S/C26H38O7Se/c1-18(28)32-22-16-23(33-25-14-8-9-15-31-25)21(17-27)20(22)12-6-3-7-13-24(26(29)30)34-19-10-4-2-5-11-19/h2,4-5,10-11,20-25,27H,3,6-9,12-17H2,1H3,(H,29,30)/t20-,21+,22+,23-,24?,25?/m1/s1. The average Bonchev–Trinajstić information content (AvgIpc) is 3.14. The third kappa shape index (κ3) is 8.35. The number of esters is 1. The van der Waals surface area contributed by atoms with Gasteiger partial charge in [0, 0.05) is 6.61 Å². The topological polar surface area (TPSA) is 102 Å². The number of carboxylic acids is 1. The van der Waals surface area contributed by atoms with Gasteiger partial charge in [-0.3, -0.25) is 0 Å². The summed E-state index contributed by atoms with van der Waals surface area (Å²) in [6.07, 6.45) is 6.98. The van der Waals surface area contributed by atoms with E-state index in [0.29, 0.717) is 19.4 Å². The summed E-state index contributed by atoms with van der Waals surface area (Å²) in [5.41, 5.74) is 0. The Kier molecular flexibility index (Phi) is 11.3. The zero-order valence-corrected chi connectivity index (χ0v) is 21.7. The number of hydrogen-bond donors (Lipinski definition) is 2. The minimum absolute atomic E-state index is 0.0134. The first kappa shape index (κ1) is 27.2. The summed E-state index contributed by atoms with van der Waals surface area (Å²) in [5.74, 6) is -1.09. The van der Waals surface area contributed by atoms with Crippen LogP contribution in [0.25, 0.3) is 0 Å². The molecule has 2 N–H and O–H groups in total. The van der Waals surface area contributed by atoms with Crippen LogP contribution in [0.1, 0.15) is 64.7 Å². The SMILES string of the molecule is CC(=O)O[C@H]1C[C@@H](OC2CCCCO2)[C@@H](CO)[C@H]1CCCCCC([Se]c1ccccc1)C(=O)O. The molecule has 1 saturated heterocycles. The average molecular weight is 542 g/mol. The second kappa shape index (κ2) is 14.2. The monoisotopic (exact) mass is 542 g/mol. The van der Waals surface area contributed by atoms with E-state index in [0.717, 1.165) is 49.4 Å². The maximum atomic E-state index is 11.7. The van der Waals surface area contributed by atoms with Crippen molar-refractivity contribution < 1.29 is 34.0 Å². The summed E-state index contributed by atoms with van der Waals surface area (Å²) in [6.45, 7) is 2.10. The van der Waals surface area contributed by atoms with Crippen LogP contribution < -0.4 is 4.46 Å². The summed E-state index contributed by atoms with van der Waals surface area (Å²) >= 11 is -0.0906. The fourth-order valence-corrected chi connectivity index (χ4v) is 7.24. The second-order valence-corrected chi connectivity index (χ2v) is 11.9. The van der Waals surface area contributed by atoms with Crippen molar-refractivity contribution in [2.24, 2.45) is 11.8 Å².